The normalized spacial score (nSPS) is 31.0. The van der Waals surface area contributed by atoms with Gasteiger partial charge in [-0.2, -0.15) is 0 Å². The molecule has 0 amide bonds. The van der Waals surface area contributed by atoms with E-state index in [1.807, 2.05) is 0 Å². The number of Topliss-reactive ketones (excluding diaryl/α,β-unsaturated/α-hetero) is 3. The largest absolute Gasteiger partial charge is 0.300 e. The van der Waals surface area contributed by atoms with Crippen molar-refractivity contribution in [1.29, 1.82) is 0 Å². The summed E-state index contributed by atoms with van der Waals surface area (Å²) in [6, 6.07) is 0. The summed E-state index contributed by atoms with van der Waals surface area (Å²) in [5.41, 5.74) is 0. The summed E-state index contributed by atoms with van der Waals surface area (Å²) in [7, 11) is 0. The molecule has 0 aromatic heterocycles. The first kappa shape index (κ1) is 12.1. The lowest BCUT2D eigenvalue weighted by Gasteiger charge is -2.31. The van der Waals surface area contributed by atoms with Gasteiger partial charge in [-0.25, -0.2) is 0 Å². The highest BCUT2D eigenvalue weighted by Crippen LogP contribution is 2.34. The monoisotopic (exact) mass is 212 g/mol. The molecule has 1 rings (SSSR count). The lowest BCUT2D eigenvalue weighted by atomic mass is 9.71. The van der Waals surface area contributed by atoms with Crippen molar-refractivity contribution in [3.8, 4) is 0 Å². The predicted molar refractivity (Wildman–Crippen MR) is 58.5 cm³/mol. The van der Waals surface area contributed by atoms with Crippen molar-refractivity contribution >= 4 is 17.3 Å². The zero-order chi connectivity index (χ0) is 11.6. The van der Waals surface area contributed by atoms with Crippen LogP contribution in [0.4, 0.5) is 0 Å². The molecule has 0 radical (unpaired) electrons. The van der Waals surface area contributed by atoms with Crippen molar-refractivity contribution in [2.75, 3.05) is 0 Å². The molecule has 3 nitrogen and oxygen atoms in total. The second-order valence-electron chi connectivity index (χ2n) is 4.63. The summed E-state index contributed by atoms with van der Waals surface area (Å²) < 4.78 is 0. The highest BCUT2D eigenvalue weighted by atomic mass is 16.1. The number of carbonyl (C=O) groups is 3. The first-order valence-electron chi connectivity index (χ1n) is 5.43. The van der Waals surface area contributed by atoms with Crippen molar-refractivity contribution in [2.24, 2.45) is 17.8 Å². The van der Waals surface area contributed by atoms with E-state index in [0.717, 1.165) is 0 Å². The van der Waals surface area contributed by atoms with Crippen molar-refractivity contribution in [3.05, 3.63) is 0 Å². The average molecular weight is 212 g/mol. The Hall–Kier alpha value is -0.990. The van der Waals surface area contributed by atoms with Crippen LogP contribution in [-0.4, -0.2) is 17.3 Å². The second-order valence-corrected chi connectivity index (χ2v) is 4.63. The number of ketones is 3. The van der Waals surface area contributed by atoms with Gasteiger partial charge in [0.25, 0.3) is 0 Å². The van der Waals surface area contributed by atoms with Crippen LogP contribution in [0.5, 0.6) is 0 Å². The van der Waals surface area contributed by atoms with Gasteiger partial charge in [-0.15, -0.1) is 0 Å². The minimum atomic E-state index is -0.0958. The molecule has 1 saturated carbocycles. The Labute approximate surface area is 91.7 Å². The minimum Gasteiger partial charge on any atom is -0.300 e. The molecule has 0 bridgehead atoms. The zero-order valence-electron chi connectivity index (χ0n) is 9.58. The second kappa shape index (κ2) is 4.69. The Balaban J connectivity index is 0.00000225. The molecule has 86 valence electrons. The van der Waals surface area contributed by atoms with Gasteiger partial charge in [-0.05, 0) is 40.0 Å². The molecule has 0 atom stereocenters. The minimum absolute atomic E-state index is 0. The van der Waals surface area contributed by atoms with Crippen LogP contribution in [0.25, 0.3) is 0 Å². The van der Waals surface area contributed by atoms with Crippen LogP contribution in [0.3, 0.4) is 0 Å². The van der Waals surface area contributed by atoms with Gasteiger partial charge < -0.3 is 0 Å². The molecule has 0 N–H and O–H groups in total. The summed E-state index contributed by atoms with van der Waals surface area (Å²) >= 11 is 0. The molecular weight excluding hydrogens is 192 g/mol. The van der Waals surface area contributed by atoms with Gasteiger partial charge in [0.15, 0.2) is 0 Å². The van der Waals surface area contributed by atoms with Crippen LogP contribution >= 0.6 is 0 Å². The maximum Gasteiger partial charge on any atom is 0.132 e. The van der Waals surface area contributed by atoms with E-state index in [1.165, 1.54) is 0 Å². The molecule has 1 aliphatic rings. The maximum atomic E-state index is 11.3. The van der Waals surface area contributed by atoms with E-state index in [0.29, 0.717) is 19.3 Å². The fraction of sp³-hybridized carbons (Fsp3) is 0.750. The fourth-order valence-corrected chi connectivity index (χ4v) is 2.31. The lowest BCUT2D eigenvalue weighted by Crippen LogP contribution is -2.33. The summed E-state index contributed by atoms with van der Waals surface area (Å²) in [6.07, 6.45) is 1.90. The van der Waals surface area contributed by atoms with E-state index in [-0.39, 0.29) is 36.5 Å². The highest BCUT2D eigenvalue weighted by molar-refractivity contribution is 5.85. The van der Waals surface area contributed by atoms with Gasteiger partial charge in [-0.1, -0.05) is 0 Å². The zero-order valence-corrected chi connectivity index (χ0v) is 9.58. The summed E-state index contributed by atoms with van der Waals surface area (Å²) in [4.78, 5) is 33.9. The van der Waals surface area contributed by atoms with Crippen LogP contribution in [0, 0.1) is 17.8 Å². The molecule has 0 unspecified atom stereocenters. The molecule has 1 aliphatic carbocycles. The standard InChI is InChI=1S/C12H18O3.H2/c1-7(13)10-4-11(8(2)14)6-12(5-10)9(3)15;/h10-12H,4-6H2,1-3H3;1H. The van der Waals surface area contributed by atoms with Crippen LogP contribution in [-0.2, 0) is 14.4 Å². The Morgan fingerprint density at radius 2 is 0.933 bits per heavy atom. The van der Waals surface area contributed by atoms with E-state index in [2.05, 4.69) is 0 Å². The Morgan fingerprint density at radius 1 is 0.733 bits per heavy atom. The Bertz CT molecular complexity index is 245. The molecule has 0 spiro atoms. The van der Waals surface area contributed by atoms with E-state index in [4.69, 9.17) is 0 Å². The SMILES string of the molecule is CC(=O)C1CC(C(C)=O)CC(C(C)=O)C1.[HH]. The van der Waals surface area contributed by atoms with E-state index < -0.39 is 0 Å². The molecule has 0 aliphatic heterocycles. The number of rotatable bonds is 3. The van der Waals surface area contributed by atoms with Crippen molar-refractivity contribution in [2.45, 2.75) is 40.0 Å². The van der Waals surface area contributed by atoms with Crippen molar-refractivity contribution < 1.29 is 15.8 Å². The quantitative estimate of drug-likeness (QED) is 0.719. The third-order valence-electron chi connectivity index (χ3n) is 3.43. The fourth-order valence-electron chi connectivity index (χ4n) is 2.31. The molecule has 0 heterocycles. The van der Waals surface area contributed by atoms with Crippen LogP contribution < -0.4 is 0 Å². The number of hydrogen-bond donors (Lipinski definition) is 0. The van der Waals surface area contributed by atoms with Gasteiger partial charge in [0.1, 0.15) is 17.3 Å². The number of carbonyl (C=O) groups excluding carboxylic acids is 3. The highest BCUT2D eigenvalue weighted by Gasteiger charge is 2.34. The Kier molecular flexibility index (Phi) is 3.77. The van der Waals surface area contributed by atoms with Gasteiger partial charge in [0.2, 0.25) is 0 Å². The first-order valence-corrected chi connectivity index (χ1v) is 5.43. The predicted octanol–water partition coefficient (Wildman–Crippen LogP) is 2.03. The van der Waals surface area contributed by atoms with Crippen molar-refractivity contribution in [1.82, 2.24) is 0 Å². The summed E-state index contributed by atoms with van der Waals surface area (Å²) in [5, 5.41) is 0. The van der Waals surface area contributed by atoms with Gasteiger partial charge in [0, 0.05) is 19.2 Å². The molecule has 3 heteroatoms. The van der Waals surface area contributed by atoms with Crippen LogP contribution in [0.15, 0.2) is 0 Å². The number of hydrogen-bond acceptors (Lipinski definition) is 3. The van der Waals surface area contributed by atoms with E-state index in [1.54, 1.807) is 20.8 Å². The Morgan fingerprint density at radius 3 is 1.07 bits per heavy atom. The van der Waals surface area contributed by atoms with Crippen molar-refractivity contribution in [3.63, 3.8) is 0 Å². The molecule has 1 fully saturated rings. The van der Waals surface area contributed by atoms with Crippen LogP contribution in [0.2, 0.25) is 0 Å². The third-order valence-corrected chi connectivity index (χ3v) is 3.43. The topological polar surface area (TPSA) is 51.2 Å². The first-order chi connectivity index (χ1) is 6.91. The summed E-state index contributed by atoms with van der Waals surface area (Å²) in [5.74, 6) is 0.0243. The third kappa shape index (κ3) is 2.98. The molecule has 0 aromatic carbocycles. The lowest BCUT2D eigenvalue weighted by molar-refractivity contribution is -0.130. The maximum absolute atomic E-state index is 11.3. The molecule has 15 heavy (non-hydrogen) atoms. The summed E-state index contributed by atoms with van der Waals surface area (Å²) in [6.45, 7) is 4.64. The molecular formula is C12H20O3. The smallest absolute Gasteiger partial charge is 0.132 e. The molecule has 0 aromatic rings. The van der Waals surface area contributed by atoms with E-state index in [9.17, 15) is 14.4 Å². The van der Waals surface area contributed by atoms with Crippen LogP contribution in [0.1, 0.15) is 41.5 Å². The van der Waals surface area contributed by atoms with Gasteiger partial charge in [0.05, 0.1) is 0 Å². The van der Waals surface area contributed by atoms with Gasteiger partial charge in [-0.3, -0.25) is 14.4 Å². The van der Waals surface area contributed by atoms with E-state index >= 15 is 0 Å². The average Bonchev–Trinajstić information content (AvgIpc) is 2.16. The van der Waals surface area contributed by atoms with Gasteiger partial charge >= 0.3 is 0 Å². The molecule has 0 saturated heterocycles.